The van der Waals surface area contributed by atoms with Crippen LogP contribution < -0.4 is 4.72 Å². The molecule has 5 nitrogen and oxygen atoms in total. The van der Waals surface area contributed by atoms with Crippen LogP contribution in [-0.2, 0) is 9.59 Å². The molecule has 1 saturated heterocycles. The molecule has 2 unspecified atom stereocenters. The molecule has 0 aromatic carbocycles. The van der Waals surface area contributed by atoms with Gasteiger partial charge in [0.25, 0.3) is 11.8 Å². The standard InChI is InChI=1S/C11H15N3O2S/c1-11(7-3-4-7)12-17-10(13(11)2)14-8(15)5-6-9(14)16/h5-7,10,12H,3-4H2,1-2H3. The van der Waals surface area contributed by atoms with Crippen LogP contribution in [0.3, 0.4) is 0 Å². The van der Waals surface area contributed by atoms with E-state index in [2.05, 4.69) is 16.5 Å². The zero-order chi connectivity index (χ0) is 12.2. The summed E-state index contributed by atoms with van der Waals surface area (Å²) in [4.78, 5) is 26.7. The Hall–Kier alpha value is -0.850. The summed E-state index contributed by atoms with van der Waals surface area (Å²) in [5, 5.41) is 0. The maximum atomic E-state index is 11.7. The van der Waals surface area contributed by atoms with E-state index < -0.39 is 0 Å². The predicted molar refractivity (Wildman–Crippen MR) is 64.4 cm³/mol. The van der Waals surface area contributed by atoms with E-state index >= 15 is 0 Å². The molecule has 0 radical (unpaired) electrons. The highest BCUT2D eigenvalue weighted by molar-refractivity contribution is 7.98. The van der Waals surface area contributed by atoms with Gasteiger partial charge >= 0.3 is 0 Å². The maximum absolute atomic E-state index is 11.7. The molecule has 92 valence electrons. The second-order valence-corrected chi connectivity index (χ2v) is 5.82. The van der Waals surface area contributed by atoms with Crippen LogP contribution >= 0.6 is 11.9 Å². The molecule has 2 amide bonds. The second kappa shape index (κ2) is 3.57. The third-order valence-corrected chi connectivity index (χ3v) is 5.14. The summed E-state index contributed by atoms with van der Waals surface area (Å²) in [6.45, 7) is 2.14. The first-order valence-corrected chi connectivity index (χ1v) is 6.63. The lowest BCUT2D eigenvalue weighted by Crippen LogP contribution is -2.54. The Kier molecular flexibility index (Phi) is 2.36. The van der Waals surface area contributed by atoms with Crippen molar-refractivity contribution in [3.63, 3.8) is 0 Å². The molecule has 2 aliphatic heterocycles. The van der Waals surface area contributed by atoms with Gasteiger partial charge in [-0.1, -0.05) is 0 Å². The third kappa shape index (κ3) is 1.55. The molecule has 0 aromatic rings. The number of imide groups is 1. The molecular formula is C11H15N3O2S. The van der Waals surface area contributed by atoms with Crippen molar-refractivity contribution in [2.24, 2.45) is 5.92 Å². The van der Waals surface area contributed by atoms with E-state index in [1.54, 1.807) is 0 Å². The van der Waals surface area contributed by atoms with Gasteiger partial charge in [0, 0.05) is 12.2 Å². The van der Waals surface area contributed by atoms with Crippen LogP contribution in [0.4, 0.5) is 0 Å². The number of hydrogen-bond acceptors (Lipinski definition) is 5. The van der Waals surface area contributed by atoms with Crippen molar-refractivity contribution in [1.29, 1.82) is 0 Å². The summed E-state index contributed by atoms with van der Waals surface area (Å²) in [5.74, 6) is 0.174. The van der Waals surface area contributed by atoms with Crippen LogP contribution in [0.1, 0.15) is 19.8 Å². The Morgan fingerprint density at radius 2 is 1.94 bits per heavy atom. The van der Waals surface area contributed by atoms with Crippen LogP contribution in [0.15, 0.2) is 12.2 Å². The van der Waals surface area contributed by atoms with Crippen LogP contribution in [0, 0.1) is 5.92 Å². The molecule has 1 saturated carbocycles. The van der Waals surface area contributed by atoms with E-state index in [0.29, 0.717) is 5.92 Å². The first kappa shape index (κ1) is 11.3. The largest absolute Gasteiger partial charge is 0.269 e. The molecule has 2 atom stereocenters. The number of rotatable bonds is 2. The summed E-state index contributed by atoms with van der Waals surface area (Å²) in [5.41, 5.74) is -0.353. The zero-order valence-electron chi connectivity index (χ0n) is 9.84. The lowest BCUT2D eigenvalue weighted by atomic mass is 10.1. The van der Waals surface area contributed by atoms with E-state index in [1.807, 2.05) is 7.05 Å². The van der Waals surface area contributed by atoms with Crippen molar-refractivity contribution in [3.05, 3.63) is 12.2 Å². The molecule has 17 heavy (non-hydrogen) atoms. The van der Waals surface area contributed by atoms with Gasteiger partial charge in [0.05, 0.1) is 5.66 Å². The summed E-state index contributed by atoms with van der Waals surface area (Å²) in [7, 11) is 1.97. The van der Waals surface area contributed by atoms with Crippen molar-refractivity contribution in [1.82, 2.24) is 14.5 Å². The normalized spacial score (nSPS) is 38.5. The minimum Gasteiger partial charge on any atom is -0.269 e. The number of nitrogens with zero attached hydrogens (tertiary/aromatic N) is 2. The molecule has 0 spiro atoms. The second-order valence-electron chi connectivity index (χ2n) is 4.96. The summed E-state index contributed by atoms with van der Waals surface area (Å²) in [6, 6.07) is 0. The average Bonchev–Trinajstić information content (AvgIpc) is 3.04. The van der Waals surface area contributed by atoms with Gasteiger partial charge < -0.3 is 0 Å². The smallest absolute Gasteiger partial charge is 0.255 e. The van der Waals surface area contributed by atoms with Crippen molar-refractivity contribution < 1.29 is 9.59 Å². The van der Waals surface area contributed by atoms with Crippen molar-refractivity contribution in [3.8, 4) is 0 Å². The Morgan fingerprint density at radius 3 is 2.47 bits per heavy atom. The van der Waals surface area contributed by atoms with Gasteiger partial charge in [-0.05, 0) is 44.7 Å². The van der Waals surface area contributed by atoms with Gasteiger partial charge in [-0.2, -0.15) is 0 Å². The minimum absolute atomic E-state index is 0.113. The SMILES string of the molecule is CN1C(N2C(=O)C=CC2=O)SNC1(C)C1CC1. The van der Waals surface area contributed by atoms with Crippen LogP contribution in [-0.4, -0.2) is 39.8 Å². The fourth-order valence-corrected chi connectivity index (χ4v) is 3.77. The Balaban J connectivity index is 1.82. The highest BCUT2D eigenvalue weighted by Gasteiger charge is 2.53. The van der Waals surface area contributed by atoms with Gasteiger partial charge in [0.1, 0.15) is 0 Å². The van der Waals surface area contributed by atoms with Crippen molar-refractivity contribution in [2.45, 2.75) is 30.9 Å². The van der Waals surface area contributed by atoms with Gasteiger partial charge in [-0.25, -0.2) is 9.62 Å². The van der Waals surface area contributed by atoms with E-state index in [9.17, 15) is 9.59 Å². The first-order chi connectivity index (χ1) is 8.04. The minimum atomic E-state index is -0.240. The molecule has 2 heterocycles. The third-order valence-electron chi connectivity index (χ3n) is 3.87. The van der Waals surface area contributed by atoms with Crippen molar-refractivity contribution in [2.75, 3.05) is 7.05 Å². The molecule has 3 rings (SSSR count). The summed E-state index contributed by atoms with van der Waals surface area (Å²) >= 11 is 1.45. The molecule has 0 bridgehead atoms. The summed E-state index contributed by atoms with van der Waals surface area (Å²) < 4.78 is 3.38. The first-order valence-electron chi connectivity index (χ1n) is 5.75. The van der Waals surface area contributed by atoms with Gasteiger partial charge in [0.15, 0.2) is 5.50 Å². The number of nitrogens with one attached hydrogen (secondary N) is 1. The van der Waals surface area contributed by atoms with Crippen LogP contribution in [0.25, 0.3) is 0 Å². The summed E-state index contributed by atoms with van der Waals surface area (Å²) in [6.07, 6.45) is 5.09. The van der Waals surface area contributed by atoms with Crippen LogP contribution in [0.5, 0.6) is 0 Å². The number of carbonyl (C=O) groups excluding carboxylic acids is 2. The van der Waals surface area contributed by atoms with Gasteiger partial charge in [-0.3, -0.25) is 14.5 Å². The zero-order valence-corrected chi connectivity index (χ0v) is 10.7. The maximum Gasteiger partial charge on any atom is 0.255 e. The van der Waals surface area contributed by atoms with E-state index in [0.717, 1.165) is 0 Å². The lowest BCUT2D eigenvalue weighted by Gasteiger charge is -2.35. The molecule has 0 aromatic heterocycles. The van der Waals surface area contributed by atoms with E-state index in [4.69, 9.17) is 0 Å². The van der Waals surface area contributed by atoms with Gasteiger partial charge in [0.2, 0.25) is 0 Å². The highest BCUT2D eigenvalue weighted by Crippen LogP contribution is 2.47. The quantitative estimate of drug-likeness (QED) is 0.574. The van der Waals surface area contributed by atoms with Gasteiger partial charge in [-0.15, -0.1) is 0 Å². The Bertz CT molecular complexity index is 403. The molecule has 3 aliphatic rings. The fourth-order valence-electron chi connectivity index (χ4n) is 2.42. The van der Waals surface area contributed by atoms with E-state index in [-0.39, 0.29) is 23.0 Å². The highest BCUT2D eigenvalue weighted by atomic mass is 32.2. The average molecular weight is 253 g/mol. The molecule has 1 N–H and O–H groups in total. The molecular weight excluding hydrogens is 238 g/mol. The Morgan fingerprint density at radius 1 is 1.35 bits per heavy atom. The lowest BCUT2D eigenvalue weighted by molar-refractivity contribution is -0.141. The number of carbonyl (C=O) groups is 2. The Labute approximate surface area is 104 Å². The van der Waals surface area contributed by atoms with Crippen molar-refractivity contribution >= 4 is 23.8 Å². The number of amides is 2. The number of hydrogen-bond donors (Lipinski definition) is 1. The fraction of sp³-hybridized carbons (Fsp3) is 0.636. The molecule has 2 fully saturated rings. The monoisotopic (exact) mass is 253 g/mol. The topological polar surface area (TPSA) is 52.7 Å². The van der Waals surface area contributed by atoms with E-state index in [1.165, 1.54) is 41.8 Å². The molecule has 1 aliphatic carbocycles. The predicted octanol–water partition coefficient (Wildman–Crippen LogP) is 0.504. The molecule has 6 heteroatoms. The van der Waals surface area contributed by atoms with Crippen LogP contribution in [0.2, 0.25) is 0 Å².